The summed E-state index contributed by atoms with van der Waals surface area (Å²) in [6.45, 7) is 3.57. The van der Waals surface area contributed by atoms with E-state index in [2.05, 4.69) is 19.1 Å². The van der Waals surface area contributed by atoms with Crippen molar-refractivity contribution in [1.82, 2.24) is 0 Å². The van der Waals surface area contributed by atoms with Crippen LogP contribution < -0.4 is 0 Å². The van der Waals surface area contributed by atoms with Crippen LogP contribution in [0.1, 0.15) is 18.4 Å². The van der Waals surface area contributed by atoms with E-state index < -0.39 is 0 Å². The predicted molar refractivity (Wildman–Crippen MR) is 70.5 cm³/mol. The Kier molecular flexibility index (Phi) is 4.63. The third-order valence-corrected chi connectivity index (χ3v) is 4.34. The summed E-state index contributed by atoms with van der Waals surface area (Å²) in [7, 11) is 0. The van der Waals surface area contributed by atoms with E-state index in [0.717, 1.165) is 26.1 Å². The molecule has 17 heavy (non-hydrogen) atoms. The Bertz CT molecular complexity index is 384. The molecule has 0 saturated carbocycles. The molecule has 1 aromatic rings. The van der Waals surface area contributed by atoms with Gasteiger partial charge in [0.25, 0.3) is 0 Å². The third kappa shape index (κ3) is 3.58. The summed E-state index contributed by atoms with van der Waals surface area (Å²) in [5.74, 6) is 1.19. The lowest BCUT2D eigenvalue weighted by atomic mass is 9.96. The Hall–Kier alpha value is -0.800. The lowest BCUT2D eigenvalue weighted by molar-refractivity contribution is -0.123. The number of carbonyl (C=O) groups excluding carboxylic acids is 1. The van der Waals surface area contributed by atoms with Gasteiger partial charge >= 0.3 is 0 Å². The number of benzene rings is 1. The first-order valence-corrected chi connectivity index (χ1v) is 7.05. The van der Waals surface area contributed by atoms with Crippen molar-refractivity contribution in [3.63, 3.8) is 0 Å². The highest BCUT2D eigenvalue weighted by Gasteiger charge is 2.21. The summed E-state index contributed by atoms with van der Waals surface area (Å²) in [6.07, 6.45) is 1.79. The highest BCUT2D eigenvalue weighted by Crippen LogP contribution is 2.24. The molecule has 3 heteroatoms. The van der Waals surface area contributed by atoms with Crippen LogP contribution in [0.2, 0.25) is 0 Å². The highest BCUT2D eigenvalue weighted by molar-refractivity contribution is 8.00. The minimum absolute atomic E-state index is 0.222. The van der Waals surface area contributed by atoms with Gasteiger partial charge < -0.3 is 4.74 Å². The van der Waals surface area contributed by atoms with Gasteiger partial charge in [0.1, 0.15) is 5.78 Å². The van der Waals surface area contributed by atoms with Gasteiger partial charge in [-0.1, -0.05) is 18.2 Å². The van der Waals surface area contributed by atoms with Crippen LogP contribution in [0.3, 0.4) is 0 Å². The van der Waals surface area contributed by atoms with Crippen LogP contribution in [0.15, 0.2) is 29.2 Å². The Morgan fingerprint density at radius 2 is 2.06 bits per heavy atom. The number of ether oxygens (including phenoxy) is 1. The second-order valence-corrected chi connectivity index (χ2v) is 5.42. The number of hydrogen-bond acceptors (Lipinski definition) is 3. The summed E-state index contributed by atoms with van der Waals surface area (Å²) in [5.41, 5.74) is 1.25. The van der Waals surface area contributed by atoms with Gasteiger partial charge in [0.05, 0.1) is 5.75 Å². The van der Waals surface area contributed by atoms with Crippen molar-refractivity contribution < 1.29 is 9.53 Å². The van der Waals surface area contributed by atoms with Crippen molar-refractivity contribution in [1.29, 1.82) is 0 Å². The highest BCUT2D eigenvalue weighted by atomic mass is 32.2. The SMILES string of the molecule is Cc1ccccc1SCC(=O)C1CCOCC1. The summed E-state index contributed by atoms with van der Waals surface area (Å²) < 4.78 is 5.27. The molecule has 2 rings (SSSR count). The van der Waals surface area contributed by atoms with Crippen LogP contribution in [0.4, 0.5) is 0 Å². The molecule has 0 aliphatic carbocycles. The molecular formula is C14H18O2S. The lowest BCUT2D eigenvalue weighted by Crippen LogP contribution is -2.24. The van der Waals surface area contributed by atoms with Gasteiger partial charge in [-0.25, -0.2) is 0 Å². The Labute approximate surface area is 107 Å². The molecule has 1 fully saturated rings. The molecule has 1 aliphatic rings. The number of thioether (sulfide) groups is 1. The van der Waals surface area contributed by atoms with E-state index in [9.17, 15) is 4.79 Å². The third-order valence-electron chi connectivity index (χ3n) is 3.14. The molecule has 0 bridgehead atoms. The maximum atomic E-state index is 12.0. The zero-order chi connectivity index (χ0) is 12.1. The Morgan fingerprint density at radius 1 is 1.35 bits per heavy atom. The second-order valence-electron chi connectivity index (χ2n) is 4.41. The fraction of sp³-hybridized carbons (Fsp3) is 0.500. The molecule has 0 unspecified atom stereocenters. The summed E-state index contributed by atoms with van der Waals surface area (Å²) in [4.78, 5) is 13.2. The molecule has 1 aromatic carbocycles. The monoisotopic (exact) mass is 250 g/mol. The molecular weight excluding hydrogens is 232 g/mol. The minimum Gasteiger partial charge on any atom is -0.381 e. The summed E-state index contributed by atoms with van der Waals surface area (Å²) >= 11 is 1.66. The van der Waals surface area contributed by atoms with E-state index in [1.807, 2.05) is 12.1 Å². The molecule has 0 atom stereocenters. The predicted octanol–water partition coefficient (Wildman–Crippen LogP) is 3.08. The Morgan fingerprint density at radius 3 is 2.76 bits per heavy atom. The molecule has 0 radical (unpaired) electrons. The zero-order valence-electron chi connectivity index (χ0n) is 10.1. The fourth-order valence-corrected chi connectivity index (χ4v) is 3.01. The Balaban J connectivity index is 1.85. The maximum absolute atomic E-state index is 12.0. The average Bonchev–Trinajstić information content (AvgIpc) is 2.38. The van der Waals surface area contributed by atoms with E-state index in [0.29, 0.717) is 11.5 Å². The molecule has 0 aromatic heterocycles. The van der Waals surface area contributed by atoms with Gasteiger partial charge in [0.2, 0.25) is 0 Å². The molecule has 1 heterocycles. The van der Waals surface area contributed by atoms with E-state index in [1.54, 1.807) is 11.8 Å². The molecule has 0 N–H and O–H groups in total. The van der Waals surface area contributed by atoms with Gasteiger partial charge in [-0.15, -0.1) is 11.8 Å². The van der Waals surface area contributed by atoms with Crippen LogP contribution in [0, 0.1) is 12.8 Å². The quantitative estimate of drug-likeness (QED) is 0.768. The van der Waals surface area contributed by atoms with Gasteiger partial charge in [0.15, 0.2) is 0 Å². The van der Waals surface area contributed by atoms with Gasteiger partial charge in [-0.3, -0.25) is 4.79 Å². The molecule has 92 valence electrons. The summed E-state index contributed by atoms with van der Waals surface area (Å²) in [6, 6.07) is 8.21. The van der Waals surface area contributed by atoms with Crippen molar-refractivity contribution in [2.75, 3.05) is 19.0 Å². The van der Waals surface area contributed by atoms with Crippen LogP contribution >= 0.6 is 11.8 Å². The average molecular weight is 250 g/mol. The van der Waals surface area contributed by atoms with Gasteiger partial charge in [-0.05, 0) is 31.4 Å². The normalized spacial score (nSPS) is 17.0. The summed E-state index contributed by atoms with van der Waals surface area (Å²) in [5, 5.41) is 0. The molecule has 1 saturated heterocycles. The van der Waals surface area contributed by atoms with Crippen LogP contribution in [-0.4, -0.2) is 24.7 Å². The smallest absolute Gasteiger partial charge is 0.146 e. The zero-order valence-corrected chi connectivity index (χ0v) is 11.0. The molecule has 2 nitrogen and oxygen atoms in total. The number of rotatable bonds is 4. The van der Waals surface area contributed by atoms with E-state index in [1.165, 1.54) is 10.5 Å². The number of ketones is 1. The van der Waals surface area contributed by atoms with Crippen molar-refractivity contribution in [2.24, 2.45) is 5.92 Å². The molecule has 0 amide bonds. The first-order chi connectivity index (χ1) is 8.27. The first kappa shape index (κ1) is 12.7. The van der Waals surface area contributed by atoms with Crippen molar-refractivity contribution in [3.8, 4) is 0 Å². The van der Waals surface area contributed by atoms with Crippen LogP contribution in [0.25, 0.3) is 0 Å². The maximum Gasteiger partial charge on any atom is 0.146 e. The minimum atomic E-state index is 0.222. The molecule has 0 spiro atoms. The van der Waals surface area contributed by atoms with Gasteiger partial charge in [-0.2, -0.15) is 0 Å². The van der Waals surface area contributed by atoms with Crippen molar-refractivity contribution in [2.45, 2.75) is 24.7 Å². The van der Waals surface area contributed by atoms with E-state index in [-0.39, 0.29) is 5.92 Å². The largest absolute Gasteiger partial charge is 0.381 e. The van der Waals surface area contributed by atoms with E-state index in [4.69, 9.17) is 4.74 Å². The molecule has 1 aliphatic heterocycles. The number of Topliss-reactive ketones (excluding diaryl/α,β-unsaturated/α-hetero) is 1. The fourth-order valence-electron chi connectivity index (χ4n) is 2.00. The van der Waals surface area contributed by atoms with E-state index >= 15 is 0 Å². The first-order valence-electron chi connectivity index (χ1n) is 6.06. The van der Waals surface area contributed by atoms with Crippen molar-refractivity contribution >= 4 is 17.5 Å². The number of aryl methyl sites for hydroxylation is 1. The van der Waals surface area contributed by atoms with Crippen LogP contribution in [-0.2, 0) is 9.53 Å². The van der Waals surface area contributed by atoms with Crippen LogP contribution in [0.5, 0.6) is 0 Å². The van der Waals surface area contributed by atoms with Gasteiger partial charge in [0, 0.05) is 24.0 Å². The number of carbonyl (C=O) groups is 1. The number of hydrogen-bond donors (Lipinski definition) is 0. The van der Waals surface area contributed by atoms with Crippen molar-refractivity contribution in [3.05, 3.63) is 29.8 Å². The standard InChI is InChI=1S/C14H18O2S/c1-11-4-2-3-5-14(11)17-10-13(15)12-6-8-16-9-7-12/h2-5,12H,6-10H2,1H3. The lowest BCUT2D eigenvalue weighted by Gasteiger charge is -2.20. The second kappa shape index (κ2) is 6.22. The topological polar surface area (TPSA) is 26.3 Å².